The van der Waals surface area contributed by atoms with Gasteiger partial charge in [0.1, 0.15) is 6.54 Å². The Balaban J connectivity index is 0. The van der Waals surface area contributed by atoms with E-state index in [1.165, 1.54) is 6.92 Å². The van der Waals surface area contributed by atoms with E-state index in [1.807, 2.05) is 6.92 Å². The van der Waals surface area contributed by atoms with Crippen molar-refractivity contribution < 1.29 is 18.0 Å². The van der Waals surface area contributed by atoms with Crippen molar-refractivity contribution in [3.8, 4) is 0 Å². The maximum atomic E-state index is 12.2. The van der Waals surface area contributed by atoms with Gasteiger partial charge in [0.25, 0.3) is 0 Å². The molecule has 1 atom stereocenters. The van der Waals surface area contributed by atoms with E-state index in [-0.39, 0.29) is 25.5 Å². The highest BCUT2D eigenvalue weighted by Crippen LogP contribution is 2.18. The van der Waals surface area contributed by atoms with Crippen LogP contribution >= 0.6 is 12.4 Å². The van der Waals surface area contributed by atoms with Crippen molar-refractivity contribution >= 4 is 18.3 Å². The van der Waals surface area contributed by atoms with Gasteiger partial charge >= 0.3 is 6.18 Å². The van der Waals surface area contributed by atoms with Gasteiger partial charge in [-0.3, -0.25) is 4.79 Å². The van der Waals surface area contributed by atoms with Crippen LogP contribution in [0.25, 0.3) is 0 Å². The number of carbonyl (C=O) groups excluding carboxylic acids is 1. The quantitative estimate of drug-likeness (QED) is 0.808. The number of unbranched alkanes of at least 4 members (excludes halogenated alkanes) is 1. The Labute approximate surface area is 106 Å². The summed E-state index contributed by atoms with van der Waals surface area (Å²) in [5, 5.41) is 0. The molecule has 0 bridgehead atoms. The fourth-order valence-electron chi connectivity index (χ4n) is 1.25. The van der Waals surface area contributed by atoms with Gasteiger partial charge in [-0.25, -0.2) is 0 Å². The van der Waals surface area contributed by atoms with Crippen LogP contribution in [0.2, 0.25) is 0 Å². The van der Waals surface area contributed by atoms with Gasteiger partial charge in [-0.2, -0.15) is 13.2 Å². The Morgan fingerprint density at radius 1 is 1.41 bits per heavy atom. The first-order valence-corrected chi connectivity index (χ1v) is 5.37. The molecule has 17 heavy (non-hydrogen) atoms. The molecule has 0 rings (SSSR count). The van der Waals surface area contributed by atoms with Gasteiger partial charge in [-0.05, 0) is 6.42 Å². The molecule has 0 saturated carbocycles. The van der Waals surface area contributed by atoms with Crippen molar-refractivity contribution in [1.82, 2.24) is 4.90 Å². The Kier molecular flexibility index (Phi) is 9.52. The number of carbonyl (C=O) groups is 1. The van der Waals surface area contributed by atoms with Crippen molar-refractivity contribution in [3.05, 3.63) is 0 Å². The lowest BCUT2D eigenvalue weighted by molar-refractivity contribution is -0.163. The molecule has 0 aliphatic heterocycles. The molecule has 1 unspecified atom stereocenters. The number of hydrogen-bond acceptors (Lipinski definition) is 2. The van der Waals surface area contributed by atoms with E-state index in [9.17, 15) is 18.0 Å². The number of amides is 1. The maximum absolute atomic E-state index is 12.2. The van der Waals surface area contributed by atoms with Gasteiger partial charge in [0, 0.05) is 19.0 Å². The molecule has 0 saturated heterocycles. The molecule has 2 N–H and O–H groups in total. The van der Waals surface area contributed by atoms with Crippen LogP contribution in [0.4, 0.5) is 13.2 Å². The first-order valence-electron chi connectivity index (χ1n) is 5.37. The molecule has 0 spiro atoms. The minimum absolute atomic E-state index is 0. The molecule has 7 heteroatoms. The van der Waals surface area contributed by atoms with Gasteiger partial charge in [0.2, 0.25) is 5.91 Å². The van der Waals surface area contributed by atoms with Crippen molar-refractivity contribution in [3.63, 3.8) is 0 Å². The number of nitrogens with zero attached hydrogens (tertiary/aromatic N) is 1. The monoisotopic (exact) mass is 276 g/mol. The molecule has 1 amide bonds. The van der Waals surface area contributed by atoms with Crippen LogP contribution in [0.5, 0.6) is 0 Å². The van der Waals surface area contributed by atoms with Crippen LogP contribution < -0.4 is 5.73 Å². The van der Waals surface area contributed by atoms with Gasteiger partial charge in [-0.1, -0.05) is 20.3 Å². The second-order valence-electron chi connectivity index (χ2n) is 3.87. The van der Waals surface area contributed by atoms with E-state index in [4.69, 9.17) is 5.73 Å². The zero-order valence-corrected chi connectivity index (χ0v) is 10.9. The predicted molar refractivity (Wildman–Crippen MR) is 63.0 cm³/mol. The fraction of sp³-hybridized carbons (Fsp3) is 0.900. The molecule has 0 fully saturated rings. The summed E-state index contributed by atoms with van der Waals surface area (Å²) < 4.78 is 36.7. The topological polar surface area (TPSA) is 46.3 Å². The zero-order chi connectivity index (χ0) is 12.8. The third-order valence-electron chi connectivity index (χ3n) is 2.24. The SMILES string of the molecule is CCCCN(CC(F)(F)F)C(=O)C(C)CN.Cl. The van der Waals surface area contributed by atoms with Crippen molar-refractivity contribution in [2.75, 3.05) is 19.6 Å². The van der Waals surface area contributed by atoms with Gasteiger partial charge in [0.15, 0.2) is 0 Å². The van der Waals surface area contributed by atoms with E-state index in [1.54, 1.807) is 0 Å². The Morgan fingerprint density at radius 2 is 1.94 bits per heavy atom. The van der Waals surface area contributed by atoms with Crippen molar-refractivity contribution in [2.45, 2.75) is 32.9 Å². The van der Waals surface area contributed by atoms with E-state index < -0.39 is 24.5 Å². The predicted octanol–water partition coefficient (Wildman–Crippen LogP) is 2.19. The number of rotatable bonds is 6. The van der Waals surface area contributed by atoms with Crippen molar-refractivity contribution in [2.24, 2.45) is 11.7 Å². The number of alkyl halides is 3. The molecule has 0 aromatic heterocycles. The highest BCUT2D eigenvalue weighted by atomic mass is 35.5. The van der Waals surface area contributed by atoms with Crippen molar-refractivity contribution in [1.29, 1.82) is 0 Å². The molecule has 0 aliphatic carbocycles. The first kappa shape index (κ1) is 18.9. The lowest BCUT2D eigenvalue weighted by atomic mass is 10.1. The van der Waals surface area contributed by atoms with E-state index in [0.717, 1.165) is 11.3 Å². The van der Waals surface area contributed by atoms with Gasteiger partial charge in [0.05, 0.1) is 0 Å². The van der Waals surface area contributed by atoms with Crippen LogP contribution in [-0.4, -0.2) is 36.6 Å². The summed E-state index contributed by atoms with van der Waals surface area (Å²) in [5.74, 6) is -1.08. The summed E-state index contributed by atoms with van der Waals surface area (Å²) in [6.45, 7) is 2.43. The lowest BCUT2D eigenvalue weighted by Gasteiger charge is -2.26. The average molecular weight is 277 g/mol. The molecule has 3 nitrogen and oxygen atoms in total. The summed E-state index contributed by atoms with van der Waals surface area (Å²) in [5.41, 5.74) is 5.27. The number of nitrogens with two attached hydrogens (primary N) is 1. The molecule has 0 heterocycles. The van der Waals surface area contributed by atoms with Crippen LogP contribution in [0.3, 0.4) is 0 Å². The highest BCUT2D eigenvalue weighted by molar-refractivity contribution is 5.85. The summed E-state index contributed by atoms with van der Waals surface area (Å²) >= 11 is 0. The first-order chi connectivity index (χ1) is 7.31. The molecule has 0 aromatic rings. The highest BCUT2D eigenvalue weighted by Gasteiger charge is 2.33. The molecule has 0 aromatic carbocycles. The molecule has 104 valence electrons. The van der Waals surface area contributed by atoms with Crippen LogP contribution in [0.1, 0.15) is 26.7 Å². The lowest BCUT2D eigenvalue weighted by Crippen LogP contribution is -2.43. The van der Waals surface area contributed by atoms with E-state index in [0.29, 0.717) is 6.42 Å². The third-order valence-corrected chi connectivity index (χ3v) is 2.24. The smallest absolute Gasteiger partial charge is 0.333 e. The second-order valence-corrected chi connectivity index (χ2v) is 3.87. The summed E-state index contributed by atoms with van der Waals surface area (Å²) in [6, 6.07) is 0. The zero-order valence-electron chi connectivity index (χ0n) is 10.1. The van der Waals surface area contributed by atoms with Crippen LogP contribution in [-0.2, 0) is 4.79 Å². The molecule has 0 radical (unpaired) electrons. The van der Waals surface area contributed by atoms with E-state index in [2.05, 4.69) is 0 Å². The van der Waals surface area contributed by atoms with Gasteiger partial charge < -0.3 is 10.6 Å². The average Bonchev–Trinajstić information content (AvgIpc) is 2.20. The summed E-state index contributed by atoms with van der Waals surface area (Å²) in [6.07, 6.45) is -3.03. The van der Waals surface area contributed by atoms with Crippen LogP contribution in [0.15, 0.2) is 0 Å². The Bertz CT molecular complexity index is 224. The number of halogens is 4. The fourth-order valence-corrected chi connectivity index (χ4v) is 1.25. The van der Waals surface area contributed by atoms with Crippen LogP contribution in [0, 0.1) is 5.92 Å². The third kappa shape index (κ3) is 8.26. The Hall–Kier alpha value is -0.490. The Morgan fingerprint density at radius 3 is 2.29 bits per heavy atom. The largest absolute Gasteiger partial charge is 0.406 e. The minimum Gasteiger partial charge on any atom is -0.333 e. The molecule has 0 aliphatic rings. The molecular weight excluding hydrogens is 257 g/mol. The standard InChI is InChI=1S/C10H19F3N2O.ClH/c1-3-4-5-15(7-10(11,12)13)9(16)8(2)6-14;/h8H,3-7,14H2,1-2H3;1H. The maximum Gasteiger partial charge on any atom is 0.406 e. The summed E-state index contributed by atoms with van der Waals surface area (Å²) in [4.78, 5) is 12.5. The molecular formula is C10H20ClF3N2O. The summed E-state index contributed by atoms with van der Waals surface area (Å²) in [7, 11) is 0. The second kappa shape index (κ2) is 8.58. The van der Waals surface area contributed by atoms with E-state index >= 15 is 0 Å². The minimum atomic E-state index is -4.35. The van der Waals surface area contributed by atoms with Gasteiger partial charge in [-0.15, -0.1) is 12.4 Å². The normalized spacial score (nSPS) is 12.8. The number of hydrogen-bond donors (Lipinski definition) is 1.